The lowest BCUT2D eigenvalue weighted by Gasteiger charge is -2.39. The first-order valence-corrected chi connectivity index (χ1v) is 7.51. The topological polar surface area (TPSA) is 32.5 Å². The number of nitrogens with zero attached hydrogens (tertiary/aromatic N) is 2. The molecule has 1 unspecified atom stereocenters. The molecule has 3 aliphatic rings. The molecule has 3 fully saturated rings. The van der Waals surface area contributed by atoms with Gasteiger partial charge in [-0.15, -0.1) is 0 Å². The second-order valence-corrected chi connectivity index (χ2v) is 6.45. The molecule has 1 atom stereocenters. The Morgan fingerprint density at radius 2 is 1.88 bits per heavy atom. The number of nitrogens with two attached hydrogens (primary N) is 1. The van der Waals surface area contributed by atoms with Crippen LogP contribution in [0.2, 0.25) is 0 Å². The van der Waals surface area contributed by atoms with E-state index in [2.05, 4.69) is 9.80 Å². The molecule has 0 radical (unpaired) electrons. The fourth-order valence-electron chi connectivity index (χ4n) is 3.75. The van der Waals surface area contributed by atoms with E-state index >= 15 is 0 Å². The van der Waals surface area contributed by atoms with Crippen LogP contribution in [0.15, 0.2) is 0 Å². The van der Waals surface area contributed by atoms with E-state index in [0.29, 0.717) is 0 Å². The average molecular weight is 237 g/mol. The Bertz CT molecular complexity index is 262. The van der Waals surface area contributed by atoms with E-state index in [1.165, 1.54) is 77.7 Å². The summed E-state index contributed by atoms with van der Waals surface area (Å²) in [7, 11) is 0. The highest BCUT2D eigenvalue weighted by atomic mass is 15.3. The van der Waals surface area contributed by atoms with Gasteiger partial charge in [0.25, 0.3) is 0 Å². The fourth-order valence-corrected chi connectivity index (χ4v) is 3.75. The first-order chi connectivity index (χ1) is 8.25. The molecule has 98 valence electrons. The molecule has 0 aromatic carbocycles. The van der Waals surface area contributed by atoms with Crippen LogP contribution in [0, 0.1) is 0 Å². The highest BCUT2D eigenvalue weighted by Crippen LogP contribution is 2.32. The standard InChI is InChI=1S/C14H27N3/c15-14(5-2-6-14)7-11-16-8-3-10-17-9-1-4-13(17)12-16/h13H,1-12,15H2. The normalized spacial score (nSPS) is 34.1. The number of rotatable bonds is 3. The van der Waals surface area contributed by atoms with E-state index in [9.17, 15) is 0 Å². The monoisotopic (exact) mass is 237 g/mol. The highest BCUT2D eigenvalue weighted by Gasteiger charge is 2.34. The highest BCUT2D eigenvalue weighted by molar-refractivity contribution is 4.94. The summed E-state index contributed by atoms with van der Waals surface area (Å²) >= 11 is 0. The third kappa shape index (κ3) is 2.67. The largest absolute Gasteiger partial charge is 0.325 e. The molecule has 17 heavy (non-hydrogen) atoms. The van der Waals surface area contributed by atoms with Crippen LogP contribution in [-0.4, -0.2) is 54.1 Å². The first-order valence-electron chi connectivity index (χ1n) is 7.51. The molecule has 3 nitrogen and oxygen atoms in total. The molecule has 0 bridgehead atoms. The summed E-state index contributed by atoms with van der Waals surface area (Å²) in [6.45, 7) is 6.51. The summed E-state index contributed by atoms with van der Waals surface area (Å²) in [6, 6.07) is 0.854. The van der Waals surface area contributed by atoms with Gasteiger partial charge in [-0.05, 0) is 71.1 Å². The van der Waals surface area contributed by atoms with Crippen LogP contribution in [-0.2, 0) is 0 Å². The molecule has 3 rings (SSSR count). The number of hydrogen-bond donors (Lipinski definition) is 1. The van der Waals surface area contributed by atoms with Gasteiger partial charge in [-0.25, -0.2) is 0 Å². The molecular formula is C14H27N3. The first kappa shape index (κ1) is 11.9. The molecule has 1 aliphatic carbocycles. The maximum Gasteiger partial charge on any atom is 0.0223 e. The molecule has 2 aliphatic heterocycles. The van der Waals surface area contributed by atoms with E-state index in [0.717, 1.165) is 6.04 Å². The maximum absolute atomic E-state index is 6.33. The van der Waals surface area contributed by atoms with Crippen molar-refractivity contribution >= 4 is 0 Å². The van der Waals surface area contributed by atoms with Gasteiger partial charge in [-0.1, -0.05) is 0 Å². The summed E-state index contributed by atoms with van der Waals surface area (Å²) in [6.07, 6.45) is 9.29. The van der Waals surface area contributed by atoms with Crippen LogP contribution in [0.1, 0.15) is 44.9 Å². The molecular weight excluding hydrogens is 210 g/mol. The van der Waals surface area contributed by atoms with Gasteiger partial charge in [0.05, 0.1) is 0 Å². The van der Waals surface area contributed by atoms with Gasteiger partial charge in [-0.2, -0.15) is 0 Å². The SMILES string of the molecule is NC1(CCN2CCCN3CCCC3C2)CCC1. The second-order valence-electron chi connectivity index (χ2n) is 6.45. The number of fused-ring (bicyclic) bond motifs is 1. The van der Waals surface area contributed by atoms with E-state index in [1.54, 1.807) is 0 Å². The van der Waals surface area contributed by atoms with Crippen molar-refractivity contribution in [2.24, 2.45) is 5.73 Å². The summed E-state index contributed by atoms with van der Waals surface area (Å²) in [4.78, 5) is 5.39. The molecule has 0 aromatic rings. The van der Waals surface area contributed by atoms with Crippen LogP contribution in [0.5, 0.6) is 0 Å². The minimum Gasteiger partial charge on any atom is -0.325 e. The quantitative estimate of drug-likeness (QED) is 0.806. The summed E-state index contributed by atoms with van der Waals surface area (Å²) in [5.41, 5.74) is 6.54. The molecule has 2 N–H and O–H groups in total. The third-order valence-electron chi connectivity index (χ3n) is 5.16. The molecule has 2 saturated heterocycles. The van der Waals surface area contributed by atoms with Crippen LogP contribution < -0.4 is 5.73 Å². The zero-order chi connectivity index (χ0) is 11.7. The van der Waals surface area contributed by atoms with E-state index < -0.39 is 0 Å². The van der Waals surface area contributed by atoms with Crippen LogP contribution >= 0.6 is 0 Å². The Morgan fingerprint density at radius 3 is 2.65 bits per heavy atom. The van der Waals surface area contributed by atoms with Crippen molar-refractivity contribution in [1.29, 1.82) is 0 Å². The van der Waals surface area contributed by atoms with Crippen LogP contribution in [0.4, 0.5) is 0 Å². The summed E-state index contributed by atoms with van der Waals surface area (Å²) in [5.74, 6) is 0. The van der Waals surface area contributed by atoms with Crippen LogP contribution in [0.25, 0.3) is 0 Å². The van der Waals surface area contributed by atoms with E-state index in [4.69, 9.17) is 5.73 Å². The average Bonchev–Trinajstić information content (AvgIpc) is 2.62. The van der Waals surface area contributed by atoms with Gasteiger partial charge in [0.1, 0.15) is 0 Å². The molecule has 0 spiro atoms. The Labute approximate surface area is 105 Å². The van der Waals surface area contributed by atoms with Gasteiger partial charge < -0.3 is 10.6 Å². The van der Waals surface area contributed by atoms with Crippen molar-refractivity contribution < 1.29 is 0 Å². The predicted molar refractivity (Wildman–Crippen MR) is 71.0 cm³/mol. The minimum absolute atomic E-state index is 0.210. The molecule has 1 saturated carbocycles. The van der Waals surface area contributed by atoms with Gasteiger partial charge >= 0.3 is 0 Å². The van der Waals surface area contributed by atoms with Crippen LogP contribution in [0.3, 0.4) is 0 Å². The van der Waals surface area contributed by atoms with Crippen molar-refractivity contribution in [1.82, 2.24) is 9.80 Å². The van der Waals surface area contributed by atoms with Crippen molar-refractivity contribution in [3.8, 4) is 0 Å². The zero-order valence-electron chi connectivity index (χ0n) is 11.0. The second kappa shape index (κ2) is 4.87. The van der Waals surface area contributed by atoms with Gasteiger partial charge in [-0.3, -0.25) is 4.90 Å². The van der Waals surface area contributed by atoms with Crippen molar-refractivity contribution in [3.05, 3.63) is 0 Å². The summed E-state index contributed by atoms with van der Waals surface area (Å²) in [5, 5.41) is 0. The van der Waals surface area contributed by atoms with Crippen molar-refractivity contribution in [2.75, 3.05) is 32.7 Å². The fraction of sp³-hybridized carbons (Fsp3) is 1.00. The number of hydrogen-bond acceptors (Lipinski definition) is 3. The zero-order valence-corrected chi connectivity index (χ0v) is 11.0. The Hall–Kier alpha value is -0.120. The Morgan fingerprint density at radius 1 is 1.06 bits per heavy atom. The van der Waals surface area contributed by atoms with Gasteiger partial charge in [0.2, 0.25) is 0 Å². The van der Waals surface area contributed by atoms with E-state index in [-0.39, 0.29) is 5.54 Å². The molecule has 2 heterocycles. The minimum atomic E-state index is 0.210. The Balaban J connectivity index is 1.49. The van der Waals surface area contributed by atoms with Crippen molar-refractivity contribution in [2.45, 2.75) is 56.5 Å². The summed E-state index contributed by atoms with van der Waals surface area (Å²) < 4.78 is 0. The van der Waals surface area contributed by atoms with Gasteiger partial charge in [0, 0.05) is 18.1 Å². The van der Waals surface area contributed by atoms with E-state index in [1.807, 2.05) is 0 Å². The third-order valence-corrected chi connectivity index (χ3v) is 5.16. The Kier molecular flexibility index (Phi) is 3.42. The molecule has 0 aromatic heterocycles. The predicted octanol–water partition coefficient (Wildman–Crippen LogP) is 1.43. The molecule has 0 amide bonds. The molecule has 3 heteroatoms. The lowest BCUT2D eigenvalue weighted by molar-refractivity contribution is 0.170. The van der Waals surface area contributed by atoms with Gasteiger partial charge in [0.15, 0.2) is 0 Å². The lowest BCUT2D eigenvalue weighted by Crippen LogP contribution is -2.49. The smallest absolute Gasteiger partial charge is 0.0223 e. The lowest BCUT2D eigenvalue weighted by atomic mass is 9.75. The maximum atomic E-state index is 6.33. The van der Waals surface area contributed by atoms with Crippen molar-refractivity contribution in [3.63, 3.8) is 0 Å².